The van der Waals surface area contributed by atoms with Crippen LogP contribution in [0.3, 0.4) is 0 Å². The molecular formula is C28H34F3N5O3. The smallest absolute Gasteiger partial charge is 0.252 e. The van der Waals surface area contributed by atoms with Gasteiger partial charge in [0, 0.05) is 20.3 Å². The molecule has 0 unspecified atom stereocenters. The lowest BCUT2D eigenvalue weighted by Gasteiger charge is -2.41. The Morgan fingerprint density at radius 1 is 1.23 bits per heavy atom. The zero-order valence-electron chi connectivity index (χ0n) is 22.4. The second-order valence-electron chi connectivity index (χ2n) is 10.1. The van der Waals surface area contributed by atoms with E-state index in [9.17, 15) is 18.0 Å². The first kappa shape index (κ1) is 28.7. The highest BCUT2D eigenvalue weighted by atomic mass is 19.1. The first-order valence-corrected chi connectivity index (χ1v) is 13.0. The number of carbonyl (C=O) groups excluding carboxylic acids is 1. The fraction of sp³-hybridized carbons (Fsp3) is 0.464. The first-order valence-electron chi connectivity index (χ1n) is 13.0. The van der Waals surface area contributed by atoms with Crippen molar-refractivity contribution in [2.45, 2.75) is 57.4 Å². The molecule has 1 aromatic heterocycles. The number of aromatic nitrogens is 3. The number of ether oxygens (including phenoxy) is 2. The topological polar surface area (TPSA) is 95.5 Å². The lowest BCUT2D eigenvalue weighted by Crippen LogP contribution is -2.51. The maximum Gasteiger partial charge on any atom is 0.252 e. The number of benzene rings is 2. The van der Waals surface area contributed by atoms with E-state index in [1.54, 1.807) is 30.9 Å². The molecule has 1 aliphatic rings. The lowest BCUT2D eigenvalue weighted by molar-refractivity contribution is -0.152. The Morgan fingerprint density at radius 2 is 2.00 bits per heavy atom. The average molecular weight is 546 g/mol. The summed E-state index contributed by atoms with van der Waals surface area (Å²) in [7, 11) is 1.52. The largest absolute Gasteiger partial charge is 0.376 e. The molecule has 0 aliphatic carbocycles. The number of methoxy groups -OCH3 is 1. The van der Waals surface area contributed by atoms with E-state index >= 15 is 0 Å². The highest BCUT2D eigenvalue weighted by Crippen LogP contribution is 2.36. The number of hydrogen-bond acceptors (Lipinski definition) is 6. The monoisotopic (exact) mass is 545 g/mol. The Kier molecular flexibility index (Phi) is 9.04. The van der Waals surface area contributed by atoms with Gasteiger partial charge >= 0.3 is 0 Å². The zero-order valence-corrected chi connectivity index (χ0v) is 22.4. The Labute approximate surface area is 225 Å². The van der Waals surface area contributed by atoms with Crippen LogP contribution in [-0.2, 0) is 20.8 Å². The molecule has 8 nitrogen and oxygen atoms in total. The summed E-state index contributed by atoms with van der Waals surface area (Å²) in [4.78, 5) is 20.1. The van der Waals surface area contributed by atoms with E-state index in [0.717, 1.165) is 24.6 Å². The quantitative estimate of drug-likeness (QED) is 0.388. The Bertz CT molecular complexity index is 1290. The summed E-state index contributed by atoms with van der Waals surface area (Å²) in [5, 5.41) is 4.52. The predicted molar refractivity (Wildman–Crippen MR) is 139 cm³/mol. The molecule has 11 heteroatoms. The van der Waals surface area contributed by atoms with Crippen molar-refractivity contribution in [3.8, 4) is 11.4 Å². The molecule has 1 saturated heterocycles. The Balaban J connectivity index is 1.90. The van der Waals surface area contributed by atoms with Gasteiger partial charge in [0.05, 0.1) is 17.7 Å². The molecule has 210 valence electrons. The van der Waals surface area contributed by atoms with Gasteiger partial charge in [-0.15, -0.1) is 0 Å². The maximum absolute atomic E-state index is 14.8. The SMILES string of the molecule is COC(C)(C)[C@H](c1nc(-c2cc(F)ccc2F)nn1Cc1cccc(F)c1)N(CCCN)C(=O)[C@@H]1CCCO1. The van der Waals surface area contributed by atoms with Gasteiger partial charge in [0.15, 0.2) is 11.6 Å². The highest BCUT2D eigenvalue weighted by Gasteiger charge is 2.44. The van der Waals surface area contributed by atoms with Crippen LogP contribution in [0, 0.1) is 17.5 Å². The van der Waals surface area contributed by atoms with Crippen LogP contribution < -0.4 is 5.73 Å². The molecule has 39 heavy (non-hydrogen) atoms. The normalized spacial score (nSPS) is 16.4. The molecule has 0 saturated carbocycles. The fourth-order valence-corrected chi connectivity index (χ4v) is 4.79. The van der Waals surface area contributed by atoms with Gasteiger partial charge in [-0.1, -0.05) is 12.1 Å². The third kappa shape index (κ3) is 6.48. The van der Waals surface area contributed by atoms with Crippen LogP contribution in [0.2, 0.25) is 0 Å². The number of amides is 1. The van der Waals surface area contributed by atoms with Crippen LogP contribution in [0.25, 0.3) is 11.4 Å². The average Bonchev–Trinajstić information content (AvgIpc) is 3.58. The van der Waals surface area contributed by atoms with Crippen LogP contribution in [0.5, 0.6) is 0 Å². The molecule has 0 spiro atoms. The molecule has 1 aliphatic heterocycles. The second-order valence-corrected chi connectivity index (χ2v) is 10.1. The summed E-state index contributed by atoms with van der Waals surface area (Å²) in [5.74, 6) is -1.83. The number of hydrogen-bond donors (Lipinski definition) is 1. The molecule has 2 heterocycles. The van der Waals surface area contributed by atoms with E-state index < -0.39 is 35.2 Å². The van der Waals surface area contributed by atoms with E-state index in [1.807, 2.05) is 0 Å². The molecule has 3 aromatic rings. The summed E-state index contributed by atoms with van der Waals surface area (Å²) in [6, 6.07) is 8.17. The number of nitrogens with zero attached hydrogens (tertiary/aromatic N) is 4. The molecule has 1 fully saturated rings. The summed E-state index contributed by atoms with van der Waals surface area (Å²) in [5.41, 5.74) is 5.25. The van der Waals surface area contributed by atoms with Crippen LogP contribution in [0.15, 0.2) is 42.5 Å². The van der Waals surface area contributed by atoms with Gasteiger partial charge < -0.3 is 20.1 Å². The van der Waals surface area contributed by atoms with Crippen molar-refractivity contribution in [2.75, 3.05) is 26.8 Å². The molecule has 2 atom stereocenters. The summed E-state index contributed by atoms with van der Waals surface area (Å²) in [6.07, 6.45) is 1.21. The van der Waals surface area contributed by atoms with Crippen molar-refractivity contribution >= 4 is 5.91 Å². The van der Waals surface area contributed by atoms with Crippen molar-refractivity contribution in [1.82, 2.24) is 19.7 Å². The maximum atomic E-state index is 14.8. The molecule has 1 amide bonds. The minimum Gasteiger partial charge on any atom is -0.376 e. The van der Waals surface area contributed by atoms with Gasteiger partial charge in [-0.25, -0.2) is 22.8 Å². The predicted octanol–water partition coefficient (Wildman–Crippen LogP) is 4.23. The Morgan fingerprint density at radius 3 is 2.67 bits per heavy atom. The Hall–Kier alpha value is -3.28. The molecule has 0 radical (unpaired) electrons. The van der Waals surface area contributed by atoms with Crippen molar-refractivity contribution in [1.29, 1.82) is 0 Å². The zero-order chi connectivity index (χ0) is 28.2. The standard InChI is InChI=1S/C28H34F3N5O3/c1-28(2,38-3)24(35(13-6-12-32)27(37)23-9-5-14-39-23)26-33-25(21-16-20(30)10-11-22(21)31)34-36(26)17-18-7-4-8-19(29)15-18/h4,7-8,10-11,15-16,23-24H,5-6,9,12-14,17,32H2,1-3H3/t23-,24-/m0/s1. The lowest BCUT2D eigenvalue weighted by atomic mass is 9.94. The molecule has 2 N–H and O–H groups in total. The van der Waals surface area contributed by atoms with Gasteiger partial charge in [0.1, 0.15) is 29.6 Å². The van der Waals surface area contributed by atoms with Crippen molar-refractivity contribution in [3.05, 3.63) is 71.3 Å². The molecule has 4 rings (SSSR count). The third-order valence-corrected chi connectivity index (χ3v) is 6.92. The van der Waals surface area contributed by atoms with Gasteiger partial charge in [0.2, 0.25) is 0 Å². The summed E-state index contributed by atoms with van der Waals surface area (Å²) in [6.45, 7) is 4.78. The van der Waals surface area contributed by atoms with E-state index in [-0.39, 0.29) is 36.2 Å². The number of nitrogens with two attached hydrogens (primary N) is 1. The van der Waals surface area contributed by atoms with Gasteiger partial charge in [-0.05, 0) is 75.5 Å². The van der Waals surface area contributed by atoms with Gasteiger partial charge in [-0.3, -0.25) is 4.79 Å². The van der Waals surface area contributed by atoms with Crippen LogP contribution in [0.4, 0.5) is 13.2 Å². The number of rotatable bonds is 11. The van der Waals surface area contributed by atoms with Gasteiger partial charge in [-0.2, -0.15) is 5.10 Å². The van der Waals surface area contributed by atoms with E-state index in [0.29, 0.717) is 31.6 Å². The molecular weight excluding hydrogens is 511 g/mol. The summed E-state index contributed by atoms with van der Waals surface area (Å²) >= 11 is 0. The fourth-order valence-electron chi connectivity index (χ4n) is 4.79. The number of halogens is 3. The van der Waals surface area contributed by atoms with Crippen LogP contribution in [-0.4, -0.2) is 64.1 Å². The molecule has 2 aromatic carbocycles. The van der Waals surface area contributed by atoms with Crippen molar-refractivity contribution in [3.63, 3.8) is 0 Å². The van der Waals surface area contributed by atoms with Crippen molar-refractivity contribution < 1.29 is 27.4 Å². The minimum absolute atomic E-state index is 0.0617. The van der Waals surface area contributed by atoms with Crippen LogP contribution in [0.1, 0.15) is 50.5 Å². The first-order chi connectivity index (χ1) is 18.6. The second kappa shape index (κ2) is 12.3. The highest BCUT2D eigenvalue weighted by molar-refractivity contribution is 5.81. The summed E-state index contributed by atoms with van der Waals surface area (Å²) < 4.78 is 56.0. The van der Waals surface area contributed by atoms with E-state index in [4.69, 9.17) is 15.2 Å². The van der Waals surface area contributed by atoms with E-state index in [2.05, 4.69) is 10.1 Å². The minimum atomic E-state index is -1.01. The van der Waals surface area contributed by atoms with Crippen LogP contribution >= 0.6 is 0 Å². The van der Waals surface area contributed by atoms with Crippen molar-refractivity contribution in [2.24, 2.45) is 5.73 Å². The van der Waals surface area contributed by atoms with Gasteiger partial charge in [0.25, 0.3) is 5.91 Å². The third-order valence-electron chi connectivity index (χ3n) is 6.92. The molecule has 0 bridgehead atoms. The number of carbonyl (C=O) groups is 1. The van der Waals surface area contributed by atoms with E-state index in [1.165, 1.54) is 23.9 Å².